The molecular formula is C21H26N2O5. The number of hydrogen-bond donors (Lipinski definition) is 1. The molecule has 0 bridgehead atoms. The predicted octanol–water partition coefficient (Wildman–Crippen LogP) is 2.81. The van der Waals surface area contributed by atoms with E-state index in [1.54, 1.807) is 6.26 Å². The van der Waals surface area contributed by atoms with Crippen molar-refractivity contribution in [1.82, 2.24) is 10.2 Å². The molecule has 4 rings (SSSR count). The Kier molecular flexibility index (Phi) is 6.01. The fraction of sp³-hybridized carbons (Fsp3) is 0.476. The van der Waals surface area contributed by atoms with Crippen molar-refractivity contribution < 1.29 is 23.4 Å². The minimum absolute atomic E-state index is 0.0936. The van der Waals surface area contributed by atoms with Crippen LogP contribution < -0.4 is 19.5 Å². The van der Waals surface area contributed by atoms with Crippen molar-refractivity contribution in [3.8, 4) is 17.2 Å². The number of nitrogens with zero attached hydrogens (tertiary/aromatic N) is 1. The number of ether oxygens (including phenoxy) is 3. The maximum Gasteiger partial charge on any atom is 0.231 e. The lowest BCUT2D eigenvalue weighted by atomic mass is 9.96. The Morgan fingerprint density at radius 2 is 2.04 bits per heavy atom. The van der Waals surface area contributed by atoms with Gasteiger partial charge in [0.2, 0.25) is 12.7 Å². The largest absolute Gasteiger partial charge is 0.493 e. The van der Waals surface area contributed by atoms with Crippen molar-refractivity contribution in [2.75, 3.05) is 33.0 Å². The molecule has 7 heteroatoms. The fourth-order valence-electron chi connectivity index (χ4n) is 3.60. The predicted molar refractivity (Wildman–Crippen MR) is 102 cm³/mol. The molecule has 150 valence electrons. The van der Waals surface area contributed by atoms with Crippen molar-refractivity contribution in [2.24, 2.45) is 5.92 Å². The summed E-state index contributed by atoms with van der Waals surface area (Å²) in [5.41, 5.74) is 0. The Morgan fingerprint density at radius 3 is 2.86 bits per heavy atom. The van der Waals surface area contributed by atoms with Crippen molar-refractivity contribution >= 4 is 5.91 Å². The third kappa shape index (κ3) is 4.78. The van der Waals surface area contributed by atoms with E-state index < -0.39 is 0 Å². The quantitative estimate of drug-likeness (QED) is 0.704. The molecule has 1 amide bonds. The van der Waals surface area contributed by atoms with Crippen LogP contribution in [0.15, 0.2) is 41.0 Å². The zero-order chi connectivity index (χ0) is 19.2. The van der Waals surface area contributed by atoms with Crippen LogP contribution in [-0.4, -0.2) is 43.8 Å². The van der Waals surface area contributed by atoms with Crippen molar-refractivity contribution in [3.05, 3.63) is 42.4 Å². The van der Waals surface area contributed by atoms with E-state index in [9.17, 15) is 4.79 Å². The van der Waals surface area contributed by atoms with E-state index in [1.165, 1.54) is 0 Å². The topological polar surface area (TPSA) is 73.2 Å². The summed E-state index contributed by atoms with van der Waals surface area (Å²) in [6.45, 7) is 4.26. The summed E-state index contributed by atoms with van der Waals surface area (Å²) in [6, 6.07) is 9.35. The molecule has 0 radical (unpaired) electrons. The average Bonchev–Trinajstić information content (AvgIpc) is 3.41. The van der Waals surface area contributed by atoms with E-state index in [4.69, 9.17) is 18.6 Å². The number of benzene rings is 1. The first-order valence-corrected chi connectivity index (χ1v) is 9.83. The monoisotopic (exact) mass is 386 g/mol. The number of piperidine rings is 1. The van der Waals surface area contributed by atoms with Gasteiger partial charge in [-0.3, -0.25) is 4.79 Å². The summed E-state index contributed by atoms with van der Waals surface area (Å²) in [5.74, 6) is 3.32. The first kappa shape index (κ1) is 18.7. The molecule has 2 aliphatic heterocycles. The first-order chi connectivity index (χ1) is 13.8. The van der Waals surface area contributed by atoms with Crippen LogP contribution in [0.4, 0.5) is 0 Å². The molecule has 0 saturated carbocycles. The molecule has 1 N–H and O–H groups in total. The third-order valence-corrected chi connectivity index (χ3v) is 5.21. The van der Waals surface area contributed by atoms with Gasteiger partial charge in [-0.1, -0.05) is 0 Å². The molecule has 1 aromatic carbocycles. The molecule has 28 heavy (non-hydrogen) atoms. The number of amides is 1. The van der Waals surface area contributed by atoms with Gasteiger partial charge in [-0.25, -0.2) is 0 Å². The third-order valence-electron chi connectivity index (χ3n) is 5.21. The lowest BCUT2D eigenvalue weighted by Gasteiger charge is -2.31. The number of hydrogen-bond acceptors (Lipinski definition) is 6. The van der Waals surface area contributed by atoms with Gasteiger partial charge in [0.15, 0.2) is 11.5 Å². The van der Waals surface area contributed by atoms with Crippen LogP contribution in [0.2, 0.25) is 0 Å². The summed E-state index contributed by atoms with van der Waals surface area (Å²) >= 11 is 0. The molecule has 0 aliphatic carbocycles. The van der Waals surface area contributed by atoms with E-state index in [-0.39, 0.29) is 18.6 Å². The van der Waals surface area contributed by atoms with Gasteiger partial charge in [-0.05, 0) is 56.6 Å². The standard InChI is InChI=1S/C21H26N2O5/c24-21(22-14-18-3-1-11-26-18)16-6-9-23(10-7-16)8-2-12-25-17-4-5-19-20(13-17)28-15-27-19/h1,3-5,11,13,16H,2,6-10,12,14-15H2,(H,22,24). The lowest BCUT2D eigenvalue weighted by molar-refractivity contribution is -0.126. The summed E-state index contributed by atoms with van der Waals surface area (Å²) in [6.07, 6.45) is 4.36. The fourth-order valence-corrected chi connectivity index (χ4v) is 3.60. The van der Waals surface area contributed by atoms with Gasteiger partial charge in [0.05, 0.1) is 19.4 Å². The van der Waals surface area contributed by atoms with Crippen molar-refractivity contribution in [2.45, 2.75) is 25.8 Å². The van der Waals surface area contributed by atoms with Crippen LogP contribution in [0, 0.1) is 5.92 Å². The van der Waals surface area contributed by atoms with E-state index in [0.717, 1.165) is 61.9 Å². The SMILES string of the molecule is O=C(NCc1ccco1)C1CCN(CCCOc2ccc3c(c2)OCO3)CC1. The molecule has 0 unspecified atom stereocenters. The van der Waals surface area contributed by atoms with E-state index in [1.807, 2.05) is 30.3 Å². The van der Waals surface area contributed by atoms with Crippen LogP contribution >= 0.6 is 0 Å². The molecule has 1 aromatic heterocycles. The van der Waals surface area contributed by atoms with Crippen molar-refractivity contribution in [1.29, 1.82) is 0 Å². The smallest absolute Gasteiger partial charge is 0.231 e. The molecule has 2 aliphatic rings. The first-order valence-electron chi connectivity index (χ1n) is 9.83. The molecule has 1 fully saturated rings. The number of carbonyl (C=O) groups excluding carboxylic acids is 1. The van der Waals surface area contributed by atoms with Crippen LogP contribution in [0.5, 0.6) is 17.2 Å². The van der Waals surface area contributed by atoms with E-state index in [0.29, 0.717) is 13.2 Å². The Morgan fingerprint density at radius 1 is 1.18 bits per heavy atom. The van der Waals surface area contributed by atoms with E-state index >= 15 is 0 Å². The van der Waals surface area contributed by atoms with Crippen LogP contribution in [0.1, 0.15) is 25.0 Å². The van der Waals surface area contributed by atoms with Gasteiger partial charge >= 0.3 is 0 Å². The average molecular weight is 386 g/mol. The van der Waals surface area contributed by atoms with Crippen LogP contribution in [-0.2, 0) is 11.3 Å². The number of carbonyl (C=O) groups is 1. The van der Waals surface area contributed by atoms with E-state index in [2.05, 4.69) is 10.2 Å². The second kappa shape index (κ2) is 9.01. The lowest BCUT2D eigenvalue weighted by Crippen LogP contribution is -2.40. The van der Waals surface area contributed by atoms with Gasteiger partial charge in [0.25, 0.3) is 0 Å². The molecule has 0 spiro atoms. The zero-order valence-electron chi connectivity index (χ0n) is 15.9. The highest BCUT2D eigenvalue weighted by Crippen LogP contribution is 2.35. The summed E-state index contributed by atoms with van der Waals surface area (Å²) in [4.78, 5) is 14.7. The maximum absolute atomic E-state index is 12.3. The molecule has 1 saturated heterocycles. The molecular weight excluding hydrogens is 360 g/mol. The Bertz CT molecular complexity index is 769. The number of fused-ring (bicyclic) bond motifs is 1. The minimum atomic E-state index is 0.0936. The highest BCUT2D eigenvalue weighted by Gasteiger charge is 2.24. The number of likely N-dealkylation sites (tertiary alicyclic amines) is 1. The normalized spacial score (nSPS) is 16.9. The van der Waals surface area contributed by atoms with Crippen LogP contribution in [0.25, 0.3) is 0 Å². The minimum Gasteiger partial charge on any atom is -0.493 e. The molecule has 7 nitrogen and oxygen atoms in total. The van der Waals surface area contributed by atoms with Gasteiger partial charge < -0.3 is 28.8 Å². The highest BCUT2D eigenvalue weighted by atomic mass is 16.7. The second-order valence-electron chi connectivity index (χ2n) is 7.13. The van der Waals surface area contributed by atoms with Gasteiger partial charge in [0.1, 0.15) is 11.5 Å². The van der Waals surface area contributed by atoms with Crippen molar-refractivity contribution in [3.63, 3.8) is 0 Å². The van der Waals surface area contributed by atoms with Gasteiger partial charge in [-0.2, -0.15) is 0 Å². The summed E-state index contributed by atoms with van der Waals surface area (Å²) in [7, 11) is 0. The molecule has 3 heterocycles. The molecule has 0 atom stereocenters. The van der Waals surface area contributed by atoms with Gasteiger partial charge in [0, 0.05) is 18.5 Å². The zero-order valence-corrected chi connectivity index (χ0v) is 15.9. The Balaban J connectivity index is 1.11. The van der Waals surface area contributed by atoms with Gasteiger partial charge in [-0.15, -0.1) is 0 Å². The summed E-state index contributed by atoms with van der Waals surface area (Å²) < 4.78 is 21.7. The number of nitrogens with one attached hydrogen (secondary N) is 1. The second-order valence-corrected chi connectivity index (χ2v) is 7.13. The Hall–Kier alpha value is -2.67. The number of rotatable bonds is 8. The maximum atomic E-state index is 12.3. The highest BCUT2D eigenvalue weighted by molar-refractivity contribution is 5.78. The van der Waals surface area contributed by atoms with Crippen LogP contribution in [0.3, 0.4) is 0 Å². The molecule has 2 aromatic rings. The number of furan rings is 1. The summed E-state index contributed by atoms with van der Waals surface area (Å²) in [5, 5.41) is 2.97. The Labute approximate surface area is 164 Å².